The summed E-state index contributed by atoms with van der Waals surface area (Å²) < 4.78 is 41.5. The van der Waals surface area contributed by atoms with Crippen LogP contribution in [-0.2, 0) is 10.0 Å². The largest absolute Gasteiger partial charge is 0.387 e. The quantitative estimate of drug-likeness (QED) is 0.519. The van der Waals surface area contributed by atoms with Gasteiger partial charge < -0.3 is 10.4 Å². The average molecular weight is 443 g/mol. The van der Waals surface area contributed by atoms with Gasteiger partial charge in [0.15, 0.2) is 0 Å². The van der Waals surface area contributed by atoms with Crippen molar-refractivity contribution in [2.45, 2.75) is 30.9 Å². The lowest BCUT2D eigenvalue weighted by molar-refractivity contribution is 0.102. The Kier molecular flexibility index (Phi) is 6.84. The topological polar surface area (TPSA) is 95.5 Å². The van der Waals surface area contributed by atoms with E-state index < -0.39 is 28.1 Å². The van der Waals surface area contributed by atoms with E-state index in [0.717, 1.165) is 0 Å². The minimum atomic E-state index is -3.99. The minimum Gasteiger partial charge on any atom is -0.387 e. The van der Waals surface area contributed by atoms with Gasteiger partial charge in [0.1, 0.15) is 5.82 Å². The molecule has 6 nitrogen and oxygen atoms in total. The third kappa shape index (κ3) is 5.55. The third-order valence-corrected chi connectivity index (χ3v) is 6.33. The SMILES string of the molecule is Cc1cc(NC(=O)c2cccc(S(=O)(=O)NC(C)C(O)c3ccccc3)c2)ccc1F. The molecule has 3 aromatic rings. The molecule has 2 unspecified atom stereocenters. The van der Waals surface area contributed by atoms with E-state index in [4.69, 9.17) is 0 Å². The molecule has 2 atom stereocenters. The van der Waals surface area contributed by atoms with Crippen molar-refractivity contribution in [1.29, 1.82) is 0 Å². The number of sulfonamides is 1. The van der Waals surface area contributed by atoms with Crippen molar-refractivity contribution in [3.8, 4) is 0 Å². The number of aliphatic hydroxyl groups excluding tert-OH is 1. The van der Waals surface area contributed by atoms with Crippen LogP contribution in [0.5, 0.6) is 0 Å². The first-order chi connectivity index (χ1) is 14.7. The Labute approximate surface area is 180 Å². The highest BCUT2D eigenvalue weighted by atomic mass is 32.2. The lowest BCUT2D eigenvalue weighted by atomic mass is 10.0. The molecule has 3 N–H and O–H groups in total. The number of aryl methyl sites for hydroxylation is 1. The second-order valence-corrected chi connectivity index (χ2v) is 8.93. The van der Waals surface area contributed by atoms with Gasteiger partial charge in [-0.25, -0.2) is 17.5 Å². The van der Waals surface area contributed by atoms with Crippen molar-refractivity contribution in [3.63, 3.8) is 0 Å². The van der Waals surface area contributed by atoms with Gasteiger partial charge in [0, 0.05) is 17.3 Å². The fourth-order valence-electron chi connectivity index (χ4n) is 3.05. The van der Waals surface area contributed by atoms with Gasteiger partial charge in [-0.3, -0.25) is 4.79 Å². The number of aliphatic hydroxyl groups is 1. The fourth-order valence-corrected chi connectivity index (χ4v) is 4.34. The molecule has 0 radical (unpaired) electrons. The Morgan fingerprint density at radius 2 is 1.71 bits per heavy atom. The number of anilines is 1. The number of hydrogen-bond acceptors (Lipinski definition) is 4. The standard InChI is InChI=1S/C23H23FN2O4S/c1-15-13-19(11-12-21(15)24)25-23(28)18-9-6-10-20(14-18)31(29,30)26-16(2)22(27)17-7-4-3-5-8-17/h3-14,16,22,26-27H,1-2H3,(H,25,28). The molecule has 0 aliphatic carbocycles. The first-order valence-corrected chi connectivity index (χ1v) is 11.1. The van der Waals surface area contributed by atoms with E-state index in [1.165, 1.54) is 42.5 Å². The van der Waals surface area contributed by atoms with E-state index in [0.29, 0.717) is 16.8 Å². The van der Waals surface area contributed by atoms with Gasteiger partial charge in [0.25, 0.3) is 5.91 Å². The van der Waals surface area contributed by atoms with Gasteiger partial charge in [-0.05, 0) is 61.4 Å². The first kappa shape index (κ1) is 22.6. The Bertz CT molecular complexity index is 1180. The molecule has 0 saturated carbocycles. The molecule has 162 valence electrons. The normalized spacial score (nSPS) is 13.4. The van der Waals surface area contributed by atoms with Gasteiger partial charge >= 0.3 is 0 Å². The number of amides is 1. The number of carbonyl (C=O) groups is 1. The molecule has 0 fully saturated rings. The molecule has 0 spiro atoms. The number of benzene rings is 3. The van der Waals surface area contributed by atoms with E-state index in [-0.39, 0.29) is 16.3 Å². The maximum atomic E-state index is 13.4. The van der Waals surface area contributed by atoms with Crippen molar-refractivity contribution in [1.82, 2.24) is 4.72 Å². The fraction of sp³-hybridized carbons (Fsp3) is 0.174. The van der Waals surface area contributed by atoms with Crippen LogP contribution in [0.3, 0.4) is 0 Å². The Morgan fingerprint density at radius 1 is 1.00 bits per heavy atom. The Balaban J connectivity index is 1.76. The van der Waals surface area contributed by atoms with E-state index in [1.54, 1.807) is 44.2 Å². The molecule has 3 aromatic carbocycles. The Hall–Kier alpha value is -3.07. The molecular formula is C23H23FN2O4S. The number of rotatable bonds is 7. The molecule has 3 rings (SSSR count). The monoisotopic (exact) mass is 442 g/mol. The molecule has 0 aromatic heterocycles. The van der Waals surface area contributed by atoms with Crippen LogP contribution in [0.1, 0.15) is 34.5 Å². The maximum absolute atomic E-state index is 13.4. The number of halogens is 1. The predicted octanol–water partition coefficient (Wildman–Crippen LogP) is 3.79. The van der Waals surface area contributed by atoms with Gasteiger partial charge in [-0.15, -0.1) is 0 Å². The van der Waals surface area contributed by atoms with Crippen molar-refractivity contribution in [3.05, 3.63) is 95.3 Å². The lowest BCUT2D eigenvalue weighted by Crippen LogP contribution is -2.37. The van der Waals surface area contributed by atoms with Crippen LogP contribution >= 0.6 is 0 Å². The highest BCUT2D eigenvalue weighted by molar-refractivity contribution is 7.89. The van der Waals surface area contributed by atoms with Crippen molar-refractivity contribution in [2.75, 3.05) is 5.32 Å². The summed E-state index contributed by atoms with van der Waals surface area (Å²) in [5.74, 6) is -0.913. The summed E-state index contributed by atoms with van der Waals surface area (Å²) in [4.78, 5) is 12.4. The van der Waals surface area contributed by atoms with E-state index in [2.05, 4.69) is 10.0 Å². The zero-order valence-corrected chi connectivity index (χ0v) is 17.9. The Morgan fingerprint density at radius 3 is 2.39 bits per heavy atom. The van der Waals surface area contributed by atoms with E-state index >= 15 is 0 Å². The third-order valence-electron chi connectivity index (χ3n) is 4.78. The van der Waals surface area contributed by atoms with Gasteiger partial charge in [0.2, 0.25) is 10.0 Å². The molecule has 1 amide bonds. The molecular weight excluding hydrogens is 419 g/mol. The molecule has 8 heteroatoms. The van der Waals surface area contributed by atoms with Crippen LogP contribution < -0.4 is 10.0 Å². The predicted molar refractivity (Wildman–Crippen MR) is 117 cm³/mol. The zero-order valence-electron chi connectivity index (χ0n) is 17.0. The summed E-state index contributed by atoms with van der Waals surface area (Å²) >= 11 is 0. The van der Waals surface area contributed by atoms with Crippen LogP contribution in [0, 0.1) is 12.7 Å². The molecule has 0 bridgehead atoms. The molecule has 0 saturated heterocycles. The highest BCUT2D eigenvalue weighted by Crippen LogP contribution is 2.20. The summed E-state index contributed by atoms with van der Waals surface area (Å²) in [5.41, 5.74) is 1.49. The van der Waals surface area contributed by atoms with Crippen LogP contribution in [0.25, 0.3) is 0 Å². The van der Waals surface area contributed by atoms with E-state index in [1.807, 2.05) is 0 Å². The summed E-state index contributed by atoms with van der Waals surface area (Å²) in [6.45, 7) is 3.14. The second kappa shape index (κ2) is 9.38. The summed E-state index contributed by atoms with van der Waals surface area (Å²) in [6, 6.07) is 17.6. The molecule has 31 heavy (non-hydrogen) atoms. The van der Waals surface area contributed by atoms with Crippen molar-refractivity contribution in [2.24, 2.45) is 0 Å². The number of carbonyl (C=O) groups excluding carboxylic acids is 1. The summed E-state index contributed by atoms with van der Waals surface area (Å²) in [7, 11) is -3.99. The lowest BCUT2D eigenvalue weighted by Gasteiger charge is -2.20. The van der Waals surface area contributed by atoms with Gasteiger partial charge in [-0.1, -0.05) is 36.4 Å². The molecule has 0 heterocycles. The summed E-state index contributed by atoms with van der Waals surface area (Å²) in [6.07, 6.45) is -1.04. The smallest absolute Gasteiger partial charge is 0.255 e. The van der Waals surface area contributed by atoms with Gasteiger partial charge in [-0.2, -0.15) is 0 Å². The average Bonchev–Trinajstić information content (AvgIpc) is 2.76. The second-order valence-electron chi connectivity index (χ2n) is 7.21. The maximum Gasteiger partial charge on any atom is 0.255 e. The zero-order chi connectivity index (χ0) is 22.6. The summed E-state index contributed by atoms with van der Waals surface area (Å²) in [5, 5.41) is 13.1. The number of hydrogen-bond donors (Lipinski definition) is 3. The van der Waals surface area contributed by atoms with Crippen molar-refractivity contribution < 1.29 is 22.7 Å². The first-order valence-electron chi connectivity index (χ1n) is 9.60. The minimum absolute atomic E-state index is 0.109. The highest BCUT2D eigenvalue weighted by Gasteiger charge is 2.24. The van der Waals surface area contributed by atoms with Crippen LogP contribution in [0.2, 0.25) is 0 Å². The molecule has 0 aliphatic heterocycles. The number of nitrogens with one attached hydrogen (secondary N) is 2. The van der Waals surface area contributed by atoms with Crippen LogP contribution in [0.15, 0.2) is 77.7 Å². The van der Waals surface area contributed by atoms with Gasteiger partial charge in [0.05, 0.1) is 11.0 Å². The van der Waals surface area contributed by atoms with Crippen LogP contribution in [-0.4, -0.2) is 25.5 Å². The van der Waals surface area contributed by atoms with E-state index in [9.17, 15) is 22.7 Å². The van der Waals surface area contributed by atoms with Crippen molar-refractivity contribution >= 4 is 21.6 Å². The molecule has 0 aliphatic rings. The van der Waals surface area contributed by atoms with Crippen LogP contribution in [0.4, 0.5) is 10.1 Å².